The van der Waals surface area contributed by atoms with Crippen LogP contribution in [0.1, 0.15) is 24.0 Å². The van der Waals surface area contributed by atoms with Crippen LogP contribution in [0.25, 0.3) is 0 Å². The second-order valence-electron chi connectivity index (χ2n) is 7.87. The summed E-state index contributed by atoms with van der Waals surface area (Å²) in [6.07, 6.45) is 2.95. The molecule has 3 aliphatic rings. The highest BCUT2D eigenvalue weighted by atomic mass is 35.5. The Bertz CT molecular complexity index is 971. The van der Waals surface area contributed by atoms with Crippen LogP contribution in [0.5, 0.6) is 11.5 Å². The summed E-state index contributed by atoms with van der Waals surface area (Å²) in [5.74, 6) is 2.35. The van der Waals surface area contributed by atoms with Gasteiger partial charge in [0, 0.05) is 10.4 Å². The first kappa shape index (κ1) is 19.0. The second-order valence-corrected chi connectivity index (χ2v) is 8.72. The summed E-state index contributed by atoms with van der Waals surface area (Å²) >= 11 is 12.7. The summed E-state index contributed by atoms with van der Waals surface area (Å²) in [5, 5.41) is 8.44. The number of fused-ring (bicyclic) bond motifs is 3. The van der Waals surface area contributed by atoms with Gasteiger partial charge < -0.3 is 20.1 Å². The van der Waals surface area contributed by atoms with Crippen molar-refractivity contribution in [3.63, 3.8) is 0 Å². The van der Waals surface area contributed by atoms with E-state index in [9.17, 15) is 0 Å². The quantitative estimate of drug-likeness (QED) is 0.723. The zero-order valence-corrected chi connectivity index (χ0v) is 17.6. The minimum atomic E-state index is -0.0239. The van der Waals surface area contributed by atoms with Gasteiger partial charge in [-0.05, 0) is 61.7 Å². The van der Waals surface area contributed by atoms with Crippen molar-refractivity contribution in [3.05, 3.63) is 51.5 Å². The topological polar surface area (TPSA) is 54.9 Å². The van der Waals surface area contributed by atoms with Gasteiger partial charge in [-0.2, -0.15) is 0 Å². The Kier molecular flexibility index (Phi) is 5.06. The lowest BCUT2D eigenvalue weighted by molar-refractivity contribution is 0.172. The number of nitrogens with one attached hydrogen (secondary N) is 2. The molecule has 0 radical (unpaired) electrons. The Balaban J connectivity index is 1.55. The van der Waals surface area contributed by atoms with Crippen molar-refractivity contribution in [3.8, 4) is 11.5 Å². The summed E-state index contributed by atoms with van der Waals surface area (Å²) in [6, 6.07) is 9.89. The number of halogens is 2. The monoisotopic (exact) mass is 431 g/mol. The van der Waals surface area contributed by atoms with Gasteiger partial charge in [-0.15, -0.1) is 0 Å². The normalized spacial score (nSPS) is 21.0. The number of hydrogen-bond donors (Lipinski definition) is 2. The first-order chi connectivity index (χ1) is 14.1. The van der Waals surface area contributed by atoms with Crippen molar-refractivity contribution < 1.29 is 9.47 Å². The predicted octanol–water partition coefficient (Wildman–Crippen LogP) is 4.70. The number of hydrogen-bond acceptors (Lipinski definition) is 4. The summed E-state index contributed by atoms with van der Waals surface area (Å²) in [6.45, 7) is 3.57. The molecule has 1 saturated heterocycles. The third-order valence-corrected chi connectivity index (χ3v) is 6.51. The summed E-state index contributed by atoms with van der Waals surface area (Å²) < 4.78 is 11.7. The summed E-state index contributed by atoms with van der Waals surface area (Å²) in [4.78, 5) is 5.03. The zero-order valence-electron chi connectivity index (χ0n) is 16.1. The number of nitrogens with zero attached hydrogens (tertiary/aromatic N) is 1. The molecule has 5 nitrogen and oxygen atoms in total. The highest BCUT2D eigenvalue weighted by molar-refractivity contribution is 6.32. The van der Waals surface area contributed by atoms with Gasteiger partial charge in [-0.3, -0.25) is 4.99 Å². The van der Waals surface area contributed by atoms with Gasteiger partial charge in [0.25, 0.3) is 0 Å². The lowest BCUT2D eigenvalue weighted by atomic mass is 9.70. The van der Waals surface area contributed by atoms with Crippen LogP contribution in [0, 0.1) is 5.41 Å². The van der Waals surface area contributed by atoms with E-state index < -0.39 is 0 Å². The molecule has 0 atom stereocenters. The molecule has 2 N–H and O–H groups in total. The summed E-state index contributed by atoms with van der Waals surface area (Å²) in [7, 11) is 0. The number of piperidine rings is 1. The van der Waals surface area contributed by atoms with Crippen LogP contribution in [0.4, 0.5) is 5.69 Å². The van der Waals surface area contributed by atoms with Gasteiger partial charge in [0.1, 0.15) is 19.0 Å². The largest absolute Gasteiger partial charge is 0.484 e. The van der Waals surface area contributed by atoms with Gasteiger partial charge in [-0.1, -0.05) is 35.3 Å². The van der Waals surface area contributed by atoms with Crippen LogP contribution in [0.3, 0.4) is 0 Å². The highest BCUT2D eigenvalue weighted by Crippen LogP contribution is 2.51. The highest BCUT2D eigenvalue weighted by Gasteiger charge is 2.43. The Morgan fingerprint density at radius 1 is 1.03 bits per heavy atom. The van der Waals surface area contributed by atoms with E-state index in [1.165, 1.54) is 5.56 Å². The van der Waals surface area contributed by atoms with E-state index in [2.05, 4.69) is 16.7 Å². The molecule has 5 rings (SSSR count). The Labute approximate surface area is 180 Å². The smallest absolute Gasteiger partial charge is 0.186 e. The van der Waals surface area contributed by atoms with Crippen molar-refractivity contribution in [2.75, 3.05) is 31.6 Å². The Morgan fingerprint density at radius 2 is 1.83 bits per heavy atom. The van der Waals surface area contributed by atoms with E-state index in [0.717, 1.165) is 54.5 Å². The average molecular weight is 432 g/mol. The molecule has 152 valence electrons. The molecule has 1 fully saturated rings. The number of rotatable bonds is 2. The molecule has 0 unspecified atom stereocenters. The van der Waals surface area contributed by atoms with Crippen LogP contribution in [0.2, 0.25) is 10.0 Å². The van der Waals surface area contributed by atoms with Crippen LogP contribution >= 0.6 is 23.2 Å². The van der Waals surface area contributed by atoms with E-state index in [0.29, 0.717) is 36.3 Å². The molecule has 2 aromatic rings. The van der Waals surface area contributed by atoms with Crippen LogP contribution < -0.4 is 20.1 Å². The lowest BCUT2D eigenvalue weighted by Crippen LogP contribution is -2.49. The first-order valence-corrected chi connectivity index (χ1v) is 10.8. The molecular weight excluding hydrogens is 409 g/mol. The van der Waals surface area contributed by atoms with Crippen molar-refractivity contribution >= 4 is 34.7 Å². The van der Waals surface area contributed by atoms with Gasteiger partial charge in [0.05, 0.1) is 17.3 Å². The van der Waals surface area contributed by atoms with Crippen molar-refractivity contribution in [2.24, 2.45) is 10.4 Å². The molecule has 0 saturated carbocycles. The van der Waals surface area contributed by atoms with Crippen molar-refractivity contribution in [1.29, 1.82) is 0 Å². The van der Waals surface area contributed by atoms with Crippen molar-refractivity contribution in [2.45, 2.75) is 25.8 Å². The fraction of sp³-hybridized carbons (Fsp3) is 0.409. The van der Waals surface area contributed by atoms with Gasteiger partial charge in [-0.25, -0.2) is 0 Å². The van der Waals surface area contributed by atoms with Gasteiger partial charge in [0.15, 0.2) is 11.5 Å². The minimum Gasteiger partial charge on any atom is -0.484 e. The first-order valence-electron chi connectivity index (χ1n) is 10.0. The number of benzene rings is 2. The van der Waals surface area contributed by atoms with Crippen molar-refractivity contribution in [1.82, 2.24) is 5.32 Å². The third kappa shape index (κ3) is 3.56. The average Bonchev–Trinajstić information content (AvgIpc) is 2.73. The standard InChI is InChI=1S/C22H23Cl2N3O2/c23-16-3-1-2-14(10-16)13-26-21-22(4-6-25-7-5-22)12-15-11-17(24)19-20(18(15)27-21)29-9-8-28-19/h1-3,10-11,25H,4-9,12-13H2,(H,26,27). The van der Waals surface area contributed by atoms with E-state index in [-0.39, 0.29) is 5.41 Å². The number of amidine groups is 1. The van der Waals surface area contributed by atoms with E-state index >= 15 is 0 Å². The maximum absolute atomic E-state index is 6.51. The molecule has 7 heteroatoms. The molecule has 3 heterocycles. The Hall–Kier alpha value is -1.95. The molecule has 0 aromatic heterocycles. The van der Waals surface area contributed by atoms with Crippen LogP contribution in [0.15, 0.2) is 35.3 Å². The van der Waals surface area contributed by atoms with Crippen LogP contribution in [-0.2, 0) is 13.0 Å². The zero-order chi connectivity index (χ0) is 19.8. The molecule has 0 aliphatic carbocycles. The Morgan fingerprint density at radius 3 is 2.62 bits per heavy atom. The summed E-state index contributed by atoms with van der Waals surface area (Å²) in [5.41, 5.74) is 3.18. The predicted molar refractivity (Wildman–Crippen MR) is 117 cm³/mol. The number of aliphatic imine (C=N–C) groups is 1. The van der Waals surface area contributed by atoms with Gasteiger partial charge >= 0.3 is 0 Å². The SMILES string of the molecule is Clc1cccc(CN=C2Nc3c(cc(Cl)c4c3OCCO4)CC23CCNCC3)c1. The molecule has 3 aliphatic heterocycles. The second kappa shape index (κ2) is 7.71. The molecule has 0 amide bonds. The van der Waals surface area contributed by atoms with Gasteiger partial charge in [0.2, 0.25) is 0 Å². The fourth-order valence-electron chi connectivity index (χ4n) is 4.53. The van der Waals surface area contributed by atoms with E-state index in [1.807, 2.05) is 24.3 Å². The molecule has 29 heavy (non-hydrogen) atoms. The van der Waals surface area contributed by atoms with E-state index in [1.54, 1.807) is 0 Å². The number of ether oxygens (including phenoxy) is 2. The maximum Gasteiger partial charge on any atom is 0.186 e. The fourth-order valence-corrected chi connectivity index (χ4v) is 5.01. The molecule has 1 spiro atoms. The minimum absolute atomic E-state index is 0.0239. The lowest BCUT2D eigenvalue weighted by Gasteiger charge is -2.43. The molecule has 2 aromatic carbocycles. The molecular formula is C22H23Cl2N3O2. The third-order valence-electron chi connectivity index (χ3n) is 5.99. The van der Waals surface area contributed by atoms with E-state index in [4.69, 9.17) is 37.7 Å². The van der Waals surface area contributed by atoms with Crippen LogP contribution in [-0.4, -0.2) is 32.1 Å². The molecule has 0 bridgehead atoms. The maximum atomic E-state index is 6.51. The number of anilines is 1.